The number of halogens is 1. The number of rotatable bonds is 8. The van der Waals surface area contributed by atoms with Crippen molar-refractivity contribution in [2.24, 2.45) is 0 Å². The van der Waals surface area contributed by atoms with Crippen molar-refractivity contribution in [1.29, 1.82) is 0 Å². The monoisotopic (exact) mass is 366 g/mol. The maximum Gasteiger partial charge on any atom is 0.322 e. The number of aryl methyl sites for hydroxylation is 1. The van der Waals surface area contributed by atoms with E-state index in [1.807, 2.05) is 26.0 Å². The van der Waals surface area contributed by atoms with Gasteiger partial charge in [0.25, 0.3) is 0 Å². The van der Waals surface area contributed by atoms with Crippen LogP contribution in [0.2, 0.25) is 0 Å². The van der Waals surface area contributed by atoms with Crippen LogP contribution in [0.25, 0.3) is 0 Å². The van der Waals surface area contributed by atoms with Gasteiger partial charge in [-0.15, -0.1) is 11.3 Å². The number of hydrogen-bond donors (Lipinski definition) is 1. The highest BCUT2D eigenvalue weighted by molar-refractivity contribution is 7.11. The first-order chi connectivity index (χ1) is 12.0. The predicted molar refractivity (Wildman–Crippen MR) is 97.9 cm³/mol. The fourth-order valence-corrected chi connectivity index (χ4v) is 3.17. The van der Waals surface area contributed by atoms with E-state index in [4.69, 9.17) is 9.47 Å². The minimum atomic E-state index is -0.530. The lowest BCUT2D eigenvalue weighted by atomic mass is 10.3. The molecule has 1 aromatic carbocycles. The number of nitrogens with zero attached hydrogens (tertiary/aromatic N) is 1. The van der Waals surface area contributed by atoms with Gasteiger partial charge < -0.3 is 19.7 Å². The Morgan fingerprint density at radius 3 is 2.72 bits per heavy atom. The van der Waals surface area contributed by atoms with Crippen LogP contribution in [0.4, 0.5) is 14.9 Å². The Hall–Kier alpha value is -2.12. The van der Waals surface area contributed by atoms with E-state index in [9.17, 15) is 9.18 Å². The second-order valence-electron chi connectivity index (χ2n) is 5.43. The molecule has 2 amide bonds. The quantitative estimate of drug-likeness (QED) is 0.759. The normalized spacial score (nSPS) is 10.6. The summed E-state index contributed by atoms with van der Waals surface area (Å²) in [5, 5.41) is 2.62. The third-order valence-electron chi connectivity index (χ3n) is 3.49. The molecule has 0 aliphatic rings. The van der Waals surface area contributed by atoms with Crippen LogP contribution in [0.15, 0.2) is 30.3 Å². The minimum absolute atomic E-state index is 0.123. The summed E-state index contributed by atoms with van der Waals surface area (Å²) in [6.07, 6.45) is 0. The molecule has 1 aromatic heterocycles. The zero-order chi connectivity index (χ0) is 18.2. The van der Waals surface area contributed by atoms with E-state index in [1.165, 1.54) is 17.0 Å². The second kappa shape index (κ2) is 9.39. The summed E-state index contributed by atoms with van der Waals surface area (Å²) in [5.41, 5.74) is 0.123. The molecule has 0 fully saturated rings. The van der Waals surface area contributed by atoms with E-state index in [-0.39, 0.29) is 11.7 Å². The van der Waals surface area contributed by atoms with Gasteiger partial charge in [0, 0.05) is 29.5 Å². The molecule has 0 aliphatic heterocycles. The van der Waals surface area contributed by atoms with Crippen molar-refractivity contribution >= 4 is 23.1 Å². The molecule has 0 bridgehead atoms. The Kier molecular flexibility index (Phi) is 7.21. The number of hydrogen-bond acceptors (Lipinski definition) is 4. The number of methoxy groups -OCH3 is 1. The Morgan fingerprint density at radius 2 is 2.12 bits per heavy atom. The third-order valence-corrected chi connectivity index (χ3v) is 4.47. The average molecular weight is 366 g/mol. The first kappa shape index (κ1) is 19.2. The van der Waals surface area contributed by atoms with E-state index in [1.54, 1.807) is 29.4 Å². The van der Waals surface area contributed by atoms with Gasteiger partial charge in [-0.05, 0) is 38.1 Å². The van der Waals surface area contributed by atoms with Gasteiger partial charge in [-0.25, -0.2) is 9.18 Å². The molecule has 2 rings (SSSR count). The van der Waals surface area contributed by atoms with Crippen LogP contribution in [-0.4, -0.2) is 37.8 Å². The lowest BCUT2D eigenvalue weighted by Crippen LogP contribution is -2.36. The number of anilines is 1. The van der Waals surface area contributed by atoms with Crippen LogP contribution in [0, 0.1) is 12.7 Å². The molecule has 0 atom stereocenters. The first-order valence-electron chi connectivity index (χ1n) is 8.06. The van der Waals surface area contributed by atoms with Gasteiger partial charge in [-0.2, -0.15) is 0 Å². The van der Waals surface area contributed by atoms with Crippen LogP contribution >= 0.6 is 11.3 Å². The van der Waals surface area contributed by atoms with Gasteiger partial charge >= 0.3 is 6.03 Å². The summed E-state index contributed by atoms with van der Waals surface area (Å²) < 4.78 is 24.5. The van der Waals surface area contributed by atoms with Gasteiger partial charge in [-0.1, -0.05) is 0 Å². The third kappa shape index (κ3) is 5.72. The van der Waals surface area contributed by atoms with Gasteiger partial charge in [0.2, 0.25) is 0 Å². The lowest BCUT2D eigenvalue weighted by Gasteiger charge is -2.22. The number of nitrogens with one attached hydrogen (secondary N) is 1. The van der Waals surface area contributed by atoms with Crippen LogP contribution in [-0.2, 0) is 11.3 Å². The van der Waals surface area contributed by atoms with Crippen LogP contribution in [0.1, 0.15) is 16.7 Å². The van der Waals surface area contributed by atoms with Gasteiger partial charge in [0.15, 0.2) is 0 Å². The van der Waals surface area contributed by atoms with Crippen molar-refractivity contribution in [2.45, 2.75) is 20.4 Å². The van der Waals surface area contributed by atoms with E-state index in [0.717, 1.165) is 4.88 Å². The number of ether oxygens (including phenoxy) is 2. The summed E-state index contributed by atoms with van der Waals surface area (Å²) >= 11 is 1.63. The molecule has 0 aliphatic carbocycles. The molecular weight excluding hydrogens is 343 g/mol. The Morgan fingerprint density at radius 1 is 1.32 bits per heavy atom. The molecule has 0 unspecified atom stereocenters. The molecule has 0 saturated heterocycles. The molecule has 0 radical (unpaired) electrons. The highest BCUT2D eigenvalue weighted by Gasteiger charge is 2.17. The number of thiophene rings is 1. The van der Waals surface area contributed by atoms with E-state index < -0.39 is 5.82 Å². The van der Waals surface area contributed by atoms with Crippen molar-refractivity contribution in [2.75, 3.05) is 32.2 Å². The highest BCUT2D eigenvalue weighted by Crippen LogP contribution is 2.22. The Labute approximate surface area is 151 Å². The maximum atomic E-state index is 14.1. The number of carbonyl (C=O) groups excluding carboxylic acids is 1. The van der Waals surface area contributed by atoms with Crippen molar-refractivity contribution < 1.29 is 18.7 Å². The van der Waals surface area contributed by atoms with E-state index in [2.05, 4.69) is 5.32 Å². The summed E-state index contributed by atoms with van der Waals surface area (Å²) in [6, 6.07) is 8.03. The van der Waals surface area contributed by atoms with Crippen molar-refractivity contribution in [3.63, 3.8) is 0 Å². The number of carbonyl (C=O) groups is 1. The van der Waals surface area contributed by atoms with Crippen molar-refractivity contribution in [3.05, 3.63) is 45.9 Å². The topological polar surface area (TPSA) is 50.8 Å². The number of urea groups is 1. The van der Waals surface area contributed by atoms with Crippen molar-refractivity contribution in [1.82, 2.24) is 4.90 Å². The maximum absolute atomic E-state index is 14.1. The zero-order valence-corrected chi connectivity index (χ0v) is 15.5. The molecule has 7 heteroatoms. The average Bonchev–Trinajstić information content (AvgIpc) is 2.99. The van der Waals surface area contributed by atoms with Crippen LogP contribution < -0.4 is 10.1 Å². The summed E-state index contributed by atoms with van der Waals surface area (Å²) in [7, 11) is 1.58. The zero-order valence-electron chi connectivity index (χ0n) is 14.7. The molecule has 1 N–H and O–H groups in total. The molecule has 25 heavy (non-hydrogen) atoms. The minimum Gasteiger partial charge on any atom is -0.494 e. The van der Waals surface area contributed by atoms with Crippen LogP contribution in [0.3, 0.4) is 0 Å². The van der Waals surface area contributed by atoms with Gasteiger partial charge in [0.05, 0.1) is 25.4 Å². The molecule has 0 spiro atoms. The molecule has 1 heterocycles. The molecular formula is C18H23FN2O3S. The van der Waals surface area contributed by atoms with Gasteiger partial charge in [-0.3, -0.25) is 0 Å². The molecule has 0 saturated carbocycles. The standard InChI is InChI=1S/C18H23FN2O3S/c1-4-24-14-6-8-17(16(19)11-14)20-18(22)21(9-10-23-3)12-15-7-5-13(2)25-15/h5-8,11H,4,9-10,12H2,1-3H3,(H,20,22). The van der Waals surface area contributed by atoms with E-state index >= 15 is 0 Å². The highest BCUT2D eigenvalue weighted by atomic mass is 32.1. The second-order valence-corrected chi connectivity index (χ2v) is 6.80. The summed E-state index contributed by atoms with van der Waals surface area (Å²) in [6.45, 7) is 5.57. The largest absolute Gasteiger partial charge is 0.494 e. The molecule has 2 aromatic rings. The van der Waals surface area contributed by atoms with Crippen LogP contribution in [0.5, 0.6) is 5.75 Å². The smallest absolute Gasteiger partial charge is 0.322 e. The SMILES string of the molecule is CCOc1ccc(NC(=O)N(CCOC)Cc2ccc(C)s2)c(F)c1. The van der Waals surface area contributed by atoms with E-state index in [0.29, 0.717) is 32.1 Å². The molecule has 5 nitrogen and oxygen atoms in total. The number of amides is 2. The number of benzene rings is 1. The van der Waals surface area contributed by atoms with Gasteiger partial charge in [0.1, 0.15) is 11.6 Å². The summed E-state index contributed by atoms with van der Waals surface area (Å²) in [5.74, 6) is -0.0961. The lowest BCUT2D eigenvalue weighted by molar-refractivity contribution is 0.153. The molecule has 136 valence electrons. The fraction of sp³-hybridized carbons (Fsp3) is 0.389. The first-order valence-corrected chi connectivity index (χ1v) is 8.87. The summed E-state index contributed by atoms with van der Waals surface area (Å²) in [4.78, 5) is 16.4. The Bertz CT molecular complexity index is 705. The Balaban J connectivity index is 2.07. The fourth-order valence-electron chi connectivity index (χ4n) is 2.26. The van der Waals surface area contributed by atoms with Crippen molar-refractivity contribution in [3.8, 4) is 5.75 Å². The predicted octanol–water partition coefficient (Wildman–Crippen LogP) is 4.27.